The molecule has 3 rings (SSSR count). The first-order valence-corrected chi connectivity index (χ1v) is 7.74. The summed E-state index contributed by atoms with van der Waals surface area (Å²) >= 11 is 0. The minimum Gasteiger partial charge on any atom is -0.497 e. The van der Waals surface area contributed by atoms with Gasteiger partial charge in [-0.05, 0) is 36.4 Å². The zero-order valence-electron chi connectivity index (χ0n) is 14.5. The first-order chi connectivity index (χ1) is 12.6. The highest BCUT2D eigenvalue weighted by molar-refractivity contribution is 5.98. The van der Waals surface area contributed by atoms with Crippen LogP contribution in [0.25, 0.3) is 0 Å². The monoisotopic (exact) mass is 358 g/mol. The molecule has 0 spiro atoms. The third-order valence-electron chi connectivity index (χ3n) is 3.96. The van der Waals surface area contributed by atoms with Gasteiger partial charge in [-0.15, -0.1) is 0 Å². The van der Waals surface area contributed by atoms with Crippen LogP contribution in [0.5, 0.6) is 17.2 Å². The molecule has 8 nitrogen and oxygen atoms in total. The quantitative estimate of drug-likeness (QED) is 0.601. The topological polar surface area (TPSA) is 95.1 Å². The lowest BCUT2D eigenvalue weighted by Gasteiger charge is -2.15. The van der Waals surface area contributed by atoms with Gasteiger partial charge in [-0.1, -0.05) is 0 Å². The average Bonchev–Trinajstić information content (AvgIpc) is 3.01. The van der Waals surface area contributed by atoms with Crippen molar-refractivity contribution in [3.05, 3.63) is 53.1 Å². The summed E-state index contributed by atoms with van der Waals surface area (Å²) in [7, 11) is 4.47. The molecule has 26 heavy (non-hydrogen) atoms. The van der Waals surface area contributed by atoms with Gasteiger partial charge in [0, 0.05) is 11.1 Å². The molecule has 0 saturated heterocycles. The number of hydrazine groups is 1. The highest BCUT2D eigenvalue weighted by atomic mass is 16.6. The van der Waals surface area contributed by atoms with Crippen LogP contribution in [0.1, 0.15) is 32.5 Å². The summed E-state index contributed by atoms with van der Waals surface area (Å²) in [5.41, 5.74) is 6.48. The van der Waals surface area contributed by atoms with E-state index in [9.17, 15) is 9.59 Å². The third-order valence-corrected chi connectivity index (χ3v) is 3.96. The van der Waals surface area contributed by atoms with Gasteiger partial charge in [0.05, 0.1) is 21.3 Å². The van der Waals surface area contributed by atoms with E-state index >= 15 is 0 Å². The zero-order valence-corrected chi connectivity index (χ0v) is 14.5. The SMILES string of the molecule is COc1ccc(C(=O)NNC2OC(=O)c3c2ccc(OC)c3OC)cc1. The standard InChI is InChI=1S/C18H18N2O6/c1-23-11-6-4-10(5-7-11)16(21)19-20-17-12-8-9-13(24-2)15(25-3)14(12)18(22)26-17/h4-9,17,20H,1-3H3,(H,19,21). The van der Waals surface area contributed by atoms with Gasteiger partial charge < -0.3 is 18.9 Å². The molecule has 8 heteroatoms. The lowest BCUT2D eigenvalue weighted by molar-refractivity contribution is 0.0260. The van der Waals surface area contributed by atoms with E-state index in [0.29, 0.717) is 28.4 Å². The molecule has 1 unspecified atom stereocenters. The number of esters is 1. The highest BCUT2D eigenvalue weighted by Gasteiger charge is 2.36. The predicted molar refractivity (Wildman–Crippen MR) is 91.3 cm³/mol. The van der Waals surface area contributed by atoms with E-state index < -0.39 is 12.2 Å². The van der Waals surface area contributed by atoms with Crippen molar-refractivity contribution in [2.45, 2.75) is 6.23 Å². The first kappa shape index (κ1) is 17.6. The summed E-state index contributed by atoms with van der Waals surface area (Å²) in [5, 5.41) is 0. The van der Waals surface area contributed by atoms with Crippen molar-refractivity contribution in [3.63, 3.8) is 0 Å². The number of cyclic esters (lactones) is 1. The van der Waals surface area contributed by atoms with Crippen LogP contribution in [0.2, 0.25) is 0 Å². The normalized spacial score (nSPS) is 15.0. The van der Waals surface area contributed by atoms with E-state index in [1.807, 2.05) is 0 Å². The molecule has 1 atom stereocenters. The fraction of sp³-hybridized carbons (Fsp3) is 0.222. The molecule has 0 bridgehead atoms. The van der Waals surface area contributed by atoms with Crippen molar-refractivity contribution < 1.29 is 28.5 Å². The summed E-state index contributed by atoms with van der Waals surface area (Å²) in [5.74, 6) is 0.422. The fourth-order valence-corrected chi connectivity index (χ4v) is 2.65. The van der Waals surface area contributed by atoms with Crippen molar-refractivity contribution in [3.8, 4) is 17.2 Å². The van der Waals surface area contributed by atoms with Gasteiger partial charge in [-0.25, -0.2) is 4.79 Å². The number of hydrogen-bond donors (Lipinski definition) is 2. The number of carbonyl (C=O) groups excluding carboxylic acids is 2. The largest absolute Gasteiger partial charge is 0.497 e. The van der Waals surface area contributed by atoms with Crippen LogP contribution in [0, 0.1) is 0 Å². The van der Waals surface area contributed by atoms with Crippen LogP contribution in [-0.4, -0.2) is 33.2 Å². The summed E-state index contributed by atoms with van der Waals surface area (Å²) in [6.45, 7) is 0. The fourth-order valence-electron chi connectivity index (χ4n) is 2.65. The highest BCUT2D eigenvalue weighted by Crippen LogP contribution is 2.40. The Labute approximate surface area is 150 Å². The second-order valence-electron chi connectivity index (χ2n) is 5.38. The molecule has 2 aromatic rings. The second kappa shape index (κ2) is 7.32. The molecular weight excluding hydrogens is 340 g/mol. The Bertz CT molecular complexity index is 834. The number of methoxy groups -OCH3 is 3. The molecule has 0 radical (unpaired) electrons. The lowest BCUT2D eigenvalue weighted by atomic mass is 10.1. The maximum atomic E-state index is 12.2. The molecular formula is C18H18N2O6. The summed E-state index contributed by atoms with van der Waals surface area (Å²) < 4.78 is 20.8. The minimum absolute atomic E-state index is 0.267. The molecule has 1 heterocycles. The predicted octanol–water partition coefficient (Wildman–Crippen LogP) is 1.82. The maximum Gasteiger partial charge on any atom is 0.344 e. The molecule has 2 aromatic carbocycles. The van der Waals surface area contributed by atoms with Crippen molar-refractivity contribution in [2.75, 3.05) is 21.3 Å². The molecule has 1 aliphatic heterocycles. The van der Waals surface area contributed by atoms with Crippen molar-refractivity contribution in [1.82, 2.24) is 10.9 Å². The number of amides is 1. The van der Waals surface area contributed by atoms with Gasteiger partial charge in [-0.2, -0.15) is 5.43 Å². The maximum absolute atomic E-state index is 12.2. The van der Waals surface area contributed by atoms with Gasteiger partial charge in [0.1, 0.15) is 11.3 Å². The molecule has 0 aliphatic carbocycles. The number of rotatable bonds is 6. The Morgan fingerprint density at radius 2 is 1.73 bits per heavy atom. The summed E-state index contributed by atoms with van der Waals surface area (Å²) in [6, 6.07) is 9.95. The van der Waals surface area contributed by atoms with Crippen molar-refractivity contribution >= 4 is 11.9 Å². The van der Waals surface area contributed by atoms with E-state index in [1.54, 1.807) is 43.5 Å². The van der Waals surface area contributed by atoms with E-state index in [1.165, 1.54) is 14.2 Å². The first-order valence-electron chi connectivity index (χ1n) is 7.74. The Kier molecular flexibility index (Phi) is 4.94. The van der Waals surface area contributed by atoms with E-state index in [4.69, 9.17) is 18.9 Å². The van der Waals surface area contributed by atoms with Gasteiger partial charge >= 0.3 is 5.97 Å². The van der Waals surface area contributed by atoms with Crippen LogP contribution >= 0.6 is 0 Å². The number of hydrogen-bond acceptors (Lipinski definition) is 7. The number of ether oxygens (including phenoxy) is 4. The summed E-state index contributed by atoms with van der Waals surface area (Å²) in [4.78, 5) is 24.4. The number of fused-ring (bicyclic) bond motifs is 1. The van der Waals surface area contributed by atoms with Crippen LogP contribution < -0.4 is 25.1 Å². The Morgan fingerprint density at radius 1 is 1.00 bits per heavy atom. The molecule has 1 amide bonds. The average molecular weight is 358 g/mol. The Balaban J connectivity index is 1.74. The van der Waals surface area contributed by atoms with Gasteiger partial charge in [0.15, 0.2) is 17.7 Å². The number of carbonyl (C=O) groups is 2. The molecule has 0 saturated carbocycles. The van der Waals surface area contributed by atoms with Crippen LogP contribution in [0.3, 0.4) is 0 Å². The van der Waals surface area contributed by atoms with Gasteiger partial charge in [0.2, 0.25) is 0 Å². The number of nitrogens with one attached hydrogen (secondary N) is 2. The molecule has 2 N–H and O–H groups in total. The molecule has 0 aromatic heterocycles. The Hall–Kier alpha value is -3.26. The van der Waals surface area contributed by atoms with Gasteiger partial charge in [0.25, 0.3) is 5.91 Å². The van der Waals surface area contributed by atoms with Crippen molar-refractivity contribution in [1.29, 1.82) is 0 Å². The number of benzene rings is 2. The third kappa shape index (κ3) is 3.14. The van der Waals surface area contributed by atoms with Crippen LogP contribution in [0.15, 0.2) is 36.4 Å². The minimum atomic E-state index is -0.834. The lowest BCUT2D eigenvalue weighted by Crippen LogP contribution is -2.40. The molecule has 1 aliphatic rings. The Morgan fingerprint density at radius 3 is 2.35 bits per heavy atom. The van der Waals surface area contributed by atoms with E-state index in [2.05, 4.69) is 10.9 Å². The summed E-state index contributed by atoms with van der Waals surface area (Å²) in [6.07, 6.45) is -0.834. The van der Waals surface area contributed by atoms with Crippen LogP contribution in [-0.2, 0) is 4.74 Å². The van der Waals surface area contributed by atoms with Crippen molar-refractivity contribution in [2.24, 2.45) is 0 Å². The zero-order chi connectivity index (χ0) is 18.7. The van der Waals surface area contributed by atoms with E-state index in [0.717, 1.165) is 0 Å². The molecule has 136 valence electrons. The van der Waals surface area contributed by atoms with Gasteiger partial charge in [-0.3, -0.25) is 10.2 Å². The smallest absolute Gasteiger partial charge is 0.344 e. The second-order valence-corrected chi connectivity index (χ2v) is 5.38. The molecule has 0 fully saturated rings. The van der Waals surface area contributed by atoms with E-state index in [-0.39, 0.29) is 11.5 Å². The van der Waals surface area contributed by atoms with Crippen LogP contribution in [0.4, 0.5) is 0 Å².